The molecule has 2 amide bonds. The maximum Gasteiger partial charge on any atom is 0.264 e. The van der Waals surface area contributed by atoms with Gasteiger partial charge in [0.15, 0.2) is 0 Å². The number of hydrogen-bond donors (Lipinski definition) is 1. The van der Waals surface area contributed by atoms with E-state index < -0.39 is 28.5 Å². The Hall–Kier alpha value is -3.36. The number of carbonyl (C=O) groups excluding carboxylic acids is 2. The van der Waals surface area contributed by atoms with Crippen LogP contribution in [-0.2, 0) is 26.2 Å². The molecule has 1 N–H and O–H groups in total. The number of nitrogens with one attached hydrogen (secondary N) is 1. The van der Waals surface area contributed by atoms with Gasteiger partial charge in [0.05, 0.1) is 10.6 Å². The normalized spacial score (nSPS) is 14.7. The molecular weight excluding hydrogens is 558 g/mol. The molecule has 4 rings (SSSR count). The molecule has 3 aromatic rings. The largest absolute Gasteiger partial charge is 0.352 e. The number of rotatable bonds is 10. The first kappa shape index (κ1) is 30.6. The van der Waals surface area contributed by atoms with Crippen LogP contribution in [0, 0.1) is 13.8 Å². The van der Waals surface area contributed by atoms with Gasteiger partial charge in [0, 0.05) is 17.6 Å². The van der Waals surface area contributed by atoms with Crippen molar-refractivity contribution in [2.45, 2.75) is 76.4 Å². The fourth-order valence-electron chi connectivity index (χ4n) is 5.07. The van der Waals surface area contributed by atoms with E-state index in [0.717, 1.165) is 53.1 Å². The number of hydrogen-bond acceptors (Lipinski definition) is 4. The van der Waals surface area contributed by atoms with Crippen molar-refractivity contribution < 1.29 is 18.0 Å². The van der Waals surface area contributed by atoms with Crippen molar-refractivity contribution in [3.05, 3.63) is 94.5 Å². The number of halogens is 1. The average molecular weight is 596 g/mol. The van der Waals surface area contributed by atoms with Crippen molar-refractivity contribution in [2.75, 3.05) is 10.8 Å². The Labute approximate surface area is 248 Å². The average Bonchev–Trinajstić information content (AvgIpc) is 2.97. The summed E-state index contributed by atoms with van der Waals surface area (Å²) in [5, 5.41) is 3.53. The summed E-state index contributed by atoms with van der Waals surface area (Å²) in [6.45, 7) is 5.23. The van der Waals surface area contributed by atoms with Gasteiger partial charge >= 0.3 is 0 Å². The number of sulfonamides is 1. The number of amides is 2. The molecule has 0 spiro atoms. The van der Waals surface area contributed by atoms with Crippen LogP contribution in [0.4, 0.5) is 5.69 Å². The number of anilines is 1. The minimum absolute atomic E-state index is 0.0191. The van der Waals surface area contributed by atoms with Crippen molar-refractivity contribution in [3.8, 4) is 0 Å². The highest BCUT2D eigenvalue weighted by Crippen LogP contribution is 2.27. The predicted octanol–water partition coefficient (Wildman–Crippen LogP) is 6.02. The molecule has 0 aliphatic heterocycles. The van der Waals surface area contributed by atoms with Gasteiger partial charge in [-0.2, -0.15) is 0 Å². The molecule has 9 heteroatoms. The molecule has 3 aromatic carbocycles. The van der Waals surface area contributed by atoms with Gasteiger partial charge in [0.2, 0.25) is 11.8 Å². The summed E-state index contributed by atoms with van der Waals surface area (Å²) in [5.74, 6) is -0.713. The van der Waals surface area contributed by atoms with E-state index in [4.69, 9.17) is 11.6 Å². The summed E-state index contributed by atoms with van der Waals surface area (Å²) in [7, 11) is -4.14. The molecule has 0 heterocycles. The smallest absolute Gasteiger partial charge is 0.264 e. The maximum absolute atomic E-state index is 14.1. The Bertz CT molecular complexity index is 1460. The van der Waals surface area contributed by atoms with Crippen molar-refractivity contribution in [2.24, 2.45) is 0 Å². The lowest BCUT2D eigenvalue weighted by Crippen LogP contribution is -2.53. The number of benzene rings is 3. The maximum atomic E-state index is 14.1. The zero-order valence-electron chi connectivity index (χ0n) is 23.8. The van der Waals surface area contributed by atoms with Gasteiger partial charge in [-0.15, -0.1) is 0 Å². The summed E-state index contributed by atoms with van der Waals surface area (Å²) in [4.78, 5) is 28.9. The summed E-state index contributed by atoms with van der Waals surface area (Å²) >= 11 is 6.03. The third-order valence-corrected chi connectivity index (χ3v) is 9.81. The number of carbonyl (C=O) groups is 2. The Balaban J connectivity index is 1.68. The number of aryl methyl sites for hydroxylation is 2. The van der Waals surface area contributed by atoms with Crippen LogP contribution in [0.1, 0.15) is 55.7 Å². The van der Waals surface area contributed by atoms with Crippen molar-refractivity contribution in [1.82, 2.24) is 10.2 Å². The standard InChI is InChI=1S/C32H38ClN3O4S/c1-23-14-17-29(20-24(23)2)36(41(39,40)30-18-15-27(33)16-19-30)22-31(37)35(21-26-10-6-4-7-11-26)25(3)32(38)34-28-12-8-5-9-13-28/h4,6-7,10-11,14-20,25,28H,5,8-9,12-13,21-22H2,1-3H3,(H,34,38)/t25-/m1/s1. The minimum atomic E-state index is -4.14. The Morgan fingerprint density at radius 1 is 0.927 bits per heavy atom. The lowest BCUT2D eigenvalue weighted by Gasteiger charge is -2.33. The zero-order valence-corrected chi connectivity index (χ0v) is 25.4. The van der Waals surface area contributed by atoms with Crippen LogP contribution in [-0.4, -0.2) is 43.8 Å². The molecule has 7 nitrogen and oxygen atoms in total. The molecule has 1 aliphatic rings. The monoisotopic (exact) mass is 595 g/mol. The summed E-state index contributed by atoms with van der Waals surface area (Å²) in [6.07, 6.45) is 5.14. The molecule has 0 radical (unpaired) electrons. The highest BCUT2D eigenvalue weighted by Gasteiger charge is 2.33. The molecule has 218 valence electrons. The third kappa shape index (κ3) is 7.68. The molecule has 1 saturated carbocycles. The zero-order chi connectivity index (χ0) is 29.6. The molecule has 1 atom stereocenters. The van der Waals surface area contributed by atoms with Crippen LogP contribution in [0.3, 0.4) is 0 Å². The summed E-state index contributed by atoms with van der Waals surface area (Å²) in [6, 6.07) is 19.9. The second kappa shape index (κ2) is 13.5. The van der Waals surface area contributed by atoms with Crippen LogP contribution in [0.5, 0.6) is 0 Å². The molecule has 41 heavy (non-hydrogen) atoms. The molecule has 0 unspecified atom stereocenters. The second-order valence-corrected chi connectivity index (χ2v) is 13.1. The second-order valence-electron chi connectivity index (χ2n) is 10.8. The first-order valence-electron chi connectivity index (χ1n) is 14.1. The van der Waals surface area contributed by atoms with Gasteiger partial charge < -0.3 is 10.2 Å². The Morgan fingerprint density at radius 2 is 1.59 bits per heavy atom. The summed E-state index contributed by atoms with van der Waals surface area (Å²) < 4.78 is 29.0. The molecule has 0 aromatic heterocycles. The van der Waals surface area contributed by atoms with Crippen LogP contribution in [0.15, 0.2) is 77.7 Å². The van der Waals surface area contributed by atoms with E-state index in [1.807, 2.05) is 50.2 Å². The van der Waals surface area contributed by atoms with E-state index in [2.05, 4.69) is 5.32 Å². The molecule has 0 saturated heterocycles. The quantitative estimate of drug-likeness (QED) is 0.311. The van der Waals surface area contributed by atoms with Gasteiger partial charge in [-0.05, 0) is 86.7 Å². The van der Waals surface area contributed by atoms with Crippen LogP contribution in [0.2, 0.25) is 5.02 Å². The van der Waals surface area contributed by atoms with E-state index >= 15 is 0 Å². The lowest BCUT2D eigenvalue weighted by molar-refractivity contribution is -0.139. The van der Waals surface area contributed by atoms with E-state index in [0.29, 0.717) is 10.7 Å². The third-order valence-electron chi connectivity index (χ3n) is 7.77. The van der Waals surface area contributed by atoms with Gasteiger partial charge in [-0.25, -0.2) is 8.42 Å². The van der Waals surface area contributed by atoms with Crippen molar-refractivity contribution in [3.63, 3.8) is 0 Å². The van der Waals surface area contributed by atoms with Gasteiger partial charge in [-0.3, -0.25) is 13.9 Å². The SMILES string of the molecule is Cc1ccc(N(CC(=O)N(Cc2ccccc2)[C@H](C)C(=O)NC2CCCCC2)S(=O)(=O)c2ccc(Cl)cc2)cc1C. The highest BCUT2D eigenvalue weighted by atomic mass is 35.5. The van der Waals surface area contributed by atoms with E-state index in [-0.39, 0.29) is 23.4 Å². The fourth-order valence-corrected chi connectivity index (χ4v) is 6.61. The molecule has 1 fully saturated rings. The fraction of sp³-hybridized carbons (Fsp3) is 0.375. The molecule has 0 bridgehead atoms. The van der Waals surface area contributed by atoms with Crippen LogP contribution in [0.25, 0.3) is 0 Å². The first-order valence-corrected chi connectivity index (χ1v) is 15.9. The topological polar surface area (TPSA) is 86.8 Å². The van der Waals surface area contributed by atoms with Crippen molar-refractivity contribution in [1.29, 1.82) is 0 Å². The lowest BCUT2D eigenvalue weighted by atomic mass is 9.95. The minimum Gasteiger partial charge on any atom is -0.352 e. The van der Waals surface area contributed by atoms with Gasteiger partial charge in [0.25, 0.3) is 10.0 Å². The number of nitrogens with zero attached hydrogens (tertiary/aromatic N) is 2. The van der Waals surface area contributed by atoms with Gasteiger partial charge in [0.1, 0.15) is 12.6 Å². The Morgan fingerprint density at radius 3 is 2.22 bits per heavy atom. The highest BCUT2D eigenvalue weighted by molar-refractivity contribution is 7.92. The first-order chi connectivity index (χ1) is 19.6. The van der Waals surface area contributed by atoms with Gasteiger partial charge in [-0.1, -0.05) is 67.3 Å². The van der Waals surface area contributed by atoms with E-state index in [9.17, 15) is 18.0 Å². The van der Waals surface area contributed by atoms with Crippen LogP contribution >= 0.6 is 11.6 Å². The molecular formula is C32H38ClN3O4S. The Kier molecular flexibility index (Phi) is 10.1. The van der Waals surface area contributed by atoms with Crippen LogP contribution < -0.4 is 9.62 Å². The summed E-state index contributed by atoms with van der Waals surface area (Å²) in [5.41, 5.74) is 3.11. The van der Waals surface area contributed by atoms with E-state index in [1.165, 1.54) is 29.2 Å². The van der Waals surface area contributed by atoms with E-state index in [1.54, 1.807) is 19.1 Å². The molecule has 1 aliphatic carbocycles. The van der Waals surface area contributed by atoms with Crippen molar-refractivity contribution >= 4 is 39.1 Å². The predicted molar refractivity (Wildman–Crippen MR) is 163 cm³/mol.